The van der Waals surface area contributed by atoms with E-state index in [-0.39, 0.29) is 0 Å². The molecule has 0 bridgehead atoms. The lowest BCUT2D eigenvalue weighted by molar-refractivity contribution is 0.624. The first-order chi connectivity index (χ1) is 10.1. The lowest BCUT2D eigenvalue weighted by Crippen LogP contribution is -2.03. The van der Waals surface area contributed by atoms with Crippen LogP contribution in [0.15, 0.2) is 42.5 Å². The van der Waals surface area contributed by atoms with E-state index >= 15 is 0 Å². The fraction of sp³-hybridized carbons (Fsp3) is 0.278. The molecule has 3 heteroatoms. The lowest BCUT2D eigenvalue weighted by atomic mass is 10.1. The van der Waals surface area contributed by atoms with Crippen LogP contribution < -0.4 is 5.73 Å². The van der Waals surface area contributed by atoms with Gasteiger partial charge in [0.15, 0.2) is 0 Å². The number of aryl methyl sites for hydroxylation is 1. The van der Waals surface area contributed by atoms with Crippen molar-refractivity contribution in [3.05, 3.63) is 53.6 Å². The zero-order valence-electron chi connectivity index (χ0n) is 12.8. The molecule has 21 heavy (non-hydrogen) atoms. The Morgan fingerprint density at radius 3 is 2.67 bits per heavy atom. The molecule has 0 saturated carbocycles. The van der Waals surface area contributed by atoms with E-state index in [1.807, 2.05) is 6.07 Å². The van der Waals surface area contributed by atoms with E-state index < -0.39 is 0 Å². The average molecular weight is 279 g/mol. The number of imidazole rings is 1. The topological polar surface area (TPSA) is 43.8 Å². The molecule has 0 aliphatic heterocycles. The smallest absolute Gasteiger partial charge is 0.141 e. The molecule has 0 amide bonds. The number of hydrogen-bond acceptors (Lipinski definition) is 2. The zero-order valence-corrected chi connectivity index (χ0v) is 12.8. The van der Waals surface area contributed by atoms with Gasteiger partial charge in [0.2, 0.25) is 0 Å². The molecule has 0 unspecified atom stereocenters. The first-order valence-electron chi connectivity index (χ1n) is 7.38. The largest absolute Gasteiger partial charge is 0.326 e. The molecule has 1 heterocycles. The number of benzene rings is 2. The first-order valence-corrected chi connectivity index (χ1v) is 7.38. The van der Waals surface area contributed by atoms with Crippen molar-refractivity contribution in [3.8, 4) is 11.4 Å². The van der Waals surface area contributed by atoms with Crippen LogP contribution in [-0.2, 0) is 6.54 Å². The van der Waals surface area contributed by atoms with Crippen molar-refractivity contribution in [2.45, 2.75) is 33.4 Å². The van der Waals surface area contributed by atoms with Crippen molar-refractivity contribution in [1.29, 1.82) is 0 Å². The van der Waals surface area contributed by atoms with Gasteiger partial charge in [0, 0.05) is 18.2 Å². The molecule has 0 atom stereocenters. The molecule has 3 nitrogen and oxygen atoms in total. The molecule has 108 valence electrons. The van der Waals surface area contributed by atoms with Crippen molar-refractivity contribution >= 4 is 11.0 Å². The van der Waals surface area contributed by atoms with E-state index in [0.717, 1.165) is 22.5 Å². The highest BCUT2D eigenvalue weighted by atomic mass is 15.1. The zero-order chi connectivity index (χ0) is 15.0. The number of rotatable bonds is 3. The summed E-state index contributed by atoms with van der Waals surface area (Å²) in [6.45, 7) is 7.03. The number of fused-ring (bicyclic) bond motifs is 1. The van der Waals surface area contributed by atoms with Gasteiger partial charge in [-0.05, 0) is 50.1 Å². The van der Waals surface area contributed by atoms with Gasteiger partial charge < -0.3 is 10.3 Å². The molecule has 0 aliphatic carbocycles. The van der Waals surface area contributed by atoms with E-state index in [1.54, 1.807) is 0 Å². The summed E-state index contributed by atoms with van der Waals surface area (Å²) in [5, 5.41) is 0. The highest BCUT2D eigenvalue weighted by Crippen LogP contribution is 2.29. The second-order valence-electron chi connectivity index (χ2n) is 5.80. The Morgan fingerprint density at radius 2 is 1.95 bits per heavy atom. The van der Waals surface area contributed by atoms with Gasteiger partial charge in [0.25, 0.3) is 0 Å². The van der Waals surface area contributed by atoms with Crippen molar-refractivity contribution < 1.29 is 0 Å². The van der Waals surface area contributed by atoms with Gasteiger partial charge in [0.05, 0.1) is 11.0 Å². The predicted molar refractivity (Wildman–Crippen MR) is 88.2 cm³/mol. The van der Waals surface area contributed by atoms with Crippen LogP contribution in [0, 0.1) is 6.92 Å². The lowest BCUT2D eigenvalue weighted by Gasteiger charge is -2.13. The standard InChI is InChI=1S/C18H21N3/c1-12(2)21-17-8-7-13(3)9-16(17)20-18(21)15-6-4-5-14(10-15)11-19/h4-10,12H,11,19H2,1-3H3. The molecule has 1 aromatic heterocycles. The summed E-state index contributed by atoms with van der Waals surface area (Å²) >= 11 is 0. The second-order valence-corrected chi connectivity index (χ2v) is 5.80. The van der Waals surface area contributed by atoms with Crippen LogP contribution in [0.25, 0.3) is 22.4 Å². The van der Waals surface area contributed by atoms with Gasteiger partial charge in [-0.3, -0.25) is 0 Å². The van der Waals surface area contributed by atoms with Gasteiger partial charge in [0.1, 0.15) is 5.82 Å². The number of nitrogens with two attached hydrogens (primary N) is 1. The fourth-order valence-electron chi connectivity index (χ4n) is 2.77. The van der Waals surface area contributed by atoms with Gasteiger partial charge >= 0.3 is 0 Å². The molecule has 0 spiro atoms. The van der Waals surface area contributed by atoms with Gasteiger partial charge in [-0.25, -0.2) is 4.98 Å². The van der Waals surface area contributed by atoms with Gasteiger partial charge in [-0.2, -0.15) is 0 Å². The van der Waals surface area contributed by atoms with Crippen LogP contribution in [-0.4, -0.2) is 9.55 Å². The Balaban J connectivity index is 2.27. The maximum atomic E-state index is 5.76. The molecular formula is C18H21N3. The molecule has 0 radical (unpaired) electrons. The predicted octanol–water partition coefficient (Wildman–Crippen LogP) is 4.05. The second kappa shape index (κ2) is 5.34. The summed E-state index contributed by atoms with van der Waals surface area (Å²) in [7, 11) is 0. The van der Waals surface area contributed by atoms with Crippen LogP contribution in [0.5, 0.6) is 0 Å². The number of aromatic nitrogens is 2. The Morgan fingerprint density at radius 1 is 1.14 bits per heavy atom. The van der Waals surface area contributed by atoms with Gasteiger partial charge in [-0.15, -0.1) is 0 Å². The van der Waals surface area contributed by atoms with E-state index in [2.05, 4.69) is 61.7 Å². The summed E-state index contributed by atoms with van der Waals surface area (Å²) in [5.74, 6) is 1.01. The van der Waals surface area contributed by atoms with E-state index in [1.165, 1.54) is 11.1 Å². The molecule has 0 saturated heterocycles. The minimum Gasteiger partial charge on any atom is -0.326 e. The summed E-state index contributed by atoms with van der Waals surface area (Å²) < 4.78 is 2.30. The monoisotopic (exact) mass is 279 g/mol. The quantitative estimate of drug-likeness (QED) is 0.786. The van der Waals surface area contributed by atoms with Crippen molar-refractivity contribution in [3.63, 3.8) is 0 Å². The van der Waals surface area contributed by atoms with Crippen LogP contribution >= 0.6 is 0 Å². The normalized spacial score (nSPS) is 11.5. The van der Waals surface area contributed by atoms with E-state index in [4.69, 9.17) is 10.7 Å². The maximum Gasteiger partial charge on any atom is 0.141 e. The number of nitrogens with zero attached hydrogens (tertiary/aromatic N) is 2. The highest BCUT2D eigenvalue weighted by molar-refractivity contribution is 5.81. The van der Waals surface area contributed by atoms with Crippen molar-refractivity contribution in [2.75, 3.05) is 0 Å². The third-order valence-corrected chi connectivity index (χ3v) is 3.78. The Labute approximate surface area is 125 Å². The third-order valence-electron chi connectivity index (χ3n) is 3.78. The third kappa shape index (κ3) is 2.45. The van der Waals surface area contributed by atoms with Crippen LogP contribution in [0.2, 0.25) is 0 Å². The molecule has 2 aromatic carbocycles. The summed E-state index contributed by atoms with van der Waals surface area (Å²) in [5.41, 5.74) is 11.5. The van der Waals surface area contributed by atoms with Crippen molar-refractivity contribution in [1.82, 2.24) is 9.55 Å². The van der Waals surface area contributed by atoms with Crippen LogP contribution in [0.3, 0.4) is 0 Å². The molecule has 3 aromatic rings. The van der Waals surface area contributed by atoms with E-state index in [9.17, 15) is 0 Å². The van der Waals surface area contributed by atoms with E-state index in [0.29, 0.717) is 12.6 Å². The minimum atomic E-state index is 0.356. The minimum absolute atomic E-state index is 0.356. The van der Waals surface area contributed by atoms with Crippen molar-refractivity contribution in [2.24, 2.45) is 5.73 Å². The number of hydrogen-bond donors (Lipinski definition) is 1. The Kier molecular flexibility index (Phi) is 3.52. The summed E-state index contributed by atoms with van der Waals surface area (Å²) in [6.07, 6.45) is 0. The molecule has 0 fully saturated rings. The molecular weight excluding hydrogens is 258 g/mol. The summed E-state index contributed by atoms with van der Waals surface area (Å²) in [6, 6.07) is 15.1. The molecule has 2 N–H and O–H groups in total. The van der Waals surface area contributed by atoms with Crippen LogP contribution in [0.4, 0.5) is 0 Å². The van der Waals surface area contributed by atoms with Crippen LogP contribution in [0.1, 0.15) is 31.0 Å². The SMILES string of the molecule is Cc1ccc2c(c1)nc(-c1cccc(CN)c1)n2C(C)C. The molecule has 0 aliphatic rings. The van der Waals surface area contributed by atoms with Gasteiger partial charge in [-0.1, -0.05) is 24.3 Å². The maximum absolute atomic E-state index is 5.76. The first kappa shape index (κ1) is 13.8. The molecule has 3 rings (SSSR count). The Hall–Kier alpha value is -2.13. The average Bonchev–Trinajstić information content (AvgIpc) is 2.85. The fourth-order valence-corrected chi connectivity index (χ4v) is 2.77. The Bertz CT molecular complexity index is 784. The summed E-state index contributed by atoms with van der Waals surface area (Å²) in [4.78, 5) is 4.86. The highest BCUT2D eigenvalue weighted by Gasteiger charge is 2.15.